The average Bonchev–Trinajstić information content (AvgIpc) is 3.61. The lowest BCUT2D eigenvalue weighted by Gasteiger charge is -2.26. The zero-order chi connectivity index (χ0) is 41.2. The molecule has 0 aliphatic carbocycles. The second-order valence-electron chi connectivity index (χ2n) is 11.9. The third-order valence-electron chi connectivity index (χ3n) is 7.54. The maximum atomic E-state index is 13.6. The number of carboxylic acids is 5. The number of nitrogens with one attached hydrogen (secondary N) is 6. The summed E-state index contributed by atoms with van der Waals surface area (Å²) < 4.78 is 0. The number of carbonyl (C=O) groups is 10. The molecule has 23 heteroatoms. The predicted molar refractivity (Wildman–Crippen MR) is 181 cm³/mol. The largest absolute Gasteiger partial charge is 0.481 e. The van der Waals surface area contributed by atoms with Crippen molar-refractivity contribution in [1.82, 2.24) is 36.6 Å². The standard InChI is InChI=1S/C32H40N8O15/c33-17(9-16-13-34-14-35-16)27(49)37-19(8-15-4-2-1-3-5-15)28(50)38-21(11-25(45)46)30(52)40-22(12-26(47)48)31(53)39-20(10-24(43)44)29(51)36-18(32(54)55)6-7-23(41)42/h1-5,13-14,17-22H,6-12,33H2,(H,34,35)(H,36,51)(H,37,49)(H,38,50)(H,39,53)(H,40,52)(H,41,42)(H,43,44)(H,45,46)(H,47,48)(H,54,55)/t17-,18-,19-,20-,21-,22-/m0/s1. The number of H-pyrrole nitrogens is 1. The van der Waals surface area contributed by atoms with Crippen molar-refractivity contribution in [3.8, 4) is 0 Å². The van der Waals surface area contributed by atoms with Gasteiger partial charge in [0.15, 0.2) is 0 Å². The van der Waals surface area contributed by atoms with Crippen LogP contribution in [0.3, 0.4) is 0 Å². The van der Waals surface area contributed by atoms with Crippen LogP contribution in [0.2, 0.25) is 0 Å². The van der Waals surface area contributed by atoms with Crippen LogP contribution in [0.15, 0.2) is 42.9 Å². The molecule has 5 amide bonds. The van der Waals surface area contributed by atoms with E-state index in [9.17, 15) is 68.4 Å². The molecule has 1 aromatic heterocycles. The van der Waals surface area contributed by atoms with Gasteiger partial charge < -0.3 is 62.8 Å². The van der Waals surface area contributed by atoms with Crippen LogP contribution in [-0.4, -0.2) is 131 Å². The molecular formula is C32H40N8O15. The Kier molecular flexibility index (Phi) is 17.4. The molecule has 13 N–H and O–H groups in total. The quantitative estimate of drug-likeness (QED) is 0.0488. The van der Waals surface area contributed by atoms with Crippen molar-refractivity contribution in [2.75, 3.05) is 0 Å². The smallest absolute Gasteiger partial charge is 0.326 e. The highest BCUT2D eigenvalue weighted by atomic mass is 16.4. The van der Waals surface area contributed by atoms with Crippen LogP contribution in [-0.2, 0) is 60.8 Å². The lowest BCUT2D eigenvalue weighted by atomic mass is 10.0. The Morgan fingerprint density at radius 1 is 0.582 bits per heavy atom. The van der Waals surface area contributed by atoms with Gasteiger partial charge in [-0.3, -0.25) is 43.2 Å². The van der Waals surface area contributed by atoms with Crippen LogP contribution >= 0.6 is 0 Å². The molecule has 6 atom stereocenters. The van der Waals surface area contributed by atoms with Crippen LogP contribution in [0, 0.1) is 0 Å². The summed E-state index contributed by atoms with van der Waals surface area (Å²) in [6, 6.07) is -2.52. The summed E-state index contributed by atoms with van der Waals surface area (Å²) in [5.41, 5.74) is 7.03. The van der Waals surface area contributed by atoms with Gasteiger partial charge in [-0.05, 0) is 12.0 Å². The molecule has 0 bridgehead atoms. The number of benzene rings is 1. The van der Waals surface area contributed by atoms with E-state index in [4.69, 9.17) is 10.8 Å². The van der Waals surface area contributed by atoms with E-state index in [1.54, 1.807) is 30.3 Å². The van der Waals surface area contributed by atoms with Gasteiger partial charge in [-0.25, -0.2) is 9.78 Å². The number of amides is 5. The fourth-order valence-corrected chi connectivity index (χ4v) is 4.83. The first-order chi connectivity index (χ1) is 25.9. The molecule has 0 spiro atoms. The molecule has 0 unspecified atom stereocenters. The normalized spacial score (nSPS) is 14.0. The third-order valence-corrected chi connectivity index (χ3v) is 7.54. The number of aliphatic carboxylic acids is 5. The molecular weight excluding hydrogens is 736 g/mol. The van der Waals surface area contributed by atoms with Crippen molar-refractivity contribution in [3.63, 3.8) is 0 Å². The van der Waals surface area contributed by atoms with Crippen LogP contribution in [0.1, 0.15) is 43.4 Å². The van der Waals surface area contributed by atoms with Gasteiger partial charge in [0, 0.05) is 31.2 Å². The maximum absolute atomic E-state index is 13.6. The highest BCUT2D eigenvalue weighted by Crippen LogP contribution is 2.08. The van der Waals surface area contributed by atoms with Crippen molar-refractivity contribution in [1.29, 1.82) is 0 Å². The van der Waals surface area contributed by atoms with E-state index in [0.717, 1.165) is 0 Å². The van der Waals surface area contributed by atoms with Crippen LogP contribution < -0.4 is 32.3 Å². The highest BCUT2D eigenvalue weighted by Gasteiger charge is 2.35. The molecule has 2 rings (SSSR count). The molecule has 55 heavy (non-hydrogen) atoms. The summed E-state index contributed by atoms with van der Waals surface area (Å²) in [5.74, 6) is -14.4. The van der Waals surface area contributed by atoms with Crippen molar-refractivity contribution in [2.45, 2.75) is 81.2 Å². The minimum absolute atomic E-state index is 0.0115. The molecule has 1 heterocycles. The van der Waals surface area contributed by atoms with E-state index in [1.807, 2.05) is 16.0 Å². The van der Waals surface area contributed by atoms with E-state index >= 15 is 0 Å². The summed E-state index contributed by atoms with van der Waals surface area (Å²) in [5, 5.41) is 56.8. The second kappa shape index (κ2) is 21.6. The lowest BCUT2D eigenvalue weighted by Crippen LogP contribution is -2.60. The maximum Gasteiger partial charge on any atom is 0.326 e. The number of carboxylic acid groups (broad SMARTS) is 5. The first-order valence-corrected chi connectivity index (χ1v) is 16.2. The molecule has 298 valence electrons. The van der Waals surface area contributed by atoms with Crippen LogP contribution in [0.25, 0.3) is 0 Å². The molecule has 0 saturated heterocycles. The van der Waals surface area contributed by atoms with Gasteiger partial charge in [-0.1, -0.05) is 30.3 Å². The van der Waals surface area contributed by atoms with E-state index in [1.165, 1.54) is 12.5 Å². The fraction of sp³-hybridized carbons (Fsp3) is 0.406. The minimum atomic E-state index is -2.13. The number of rotatable bonds is 24. The molecule has 1 aromatic carbocycles. The van der Waals surface area contributed by atoms with Gasteiger partial charge in [0.2, 0.25) is 29.5 Å². The predicted octanol–water partition coefficient (Wildman–Crippen LogP) is -3.68. The number of hydrogen-bond acceptors (Lipinski definition) is 12. The lowest BCUT2D eigenvalue weighted by molar-refractivity contribution is -0.145. The van der Waals surface area contributed by atoms with Gasteiger partial charge in [0.25, 0.3) is 0 Å². The zero-order valence-corrected chi connectivity index (χ0v) is 28.8. The van der Waals surface area contributed by atoms with Crippen LogP contribution in [0.4, 0.5) is 0 Å². The number of aromatic nitrogens is 2. The molecule has 0 radical (unpaired) electrons. The minimum Gasteiger partial charge on any atom is -0.481 e. The van der Waals surface area contributed by atoms with Crippen molar-refractivity contribution < 1.29 is 73.5 Å². The Morgan fingerprint density at radius 3 is 1.42 bits per heavy atom. The number of carbonyl (C=O) groups excluding carboxylic acids is 5. The van der Waals surface area contributed by atoms with Gasteiger partial charge in [0.05, 0.1) is 31.6 Å². The van der Waals surface area contributed by atoms with Gasteiger partial charge in [0.1, 0.15) is 30.2 Å². The third kappa shape index (κ3) is 16.1. The van der Waals surface area contributed by atoms with E-state index < -0.39 is 128 Å². The monoisotopic (exact) mass is 776 g/mol. The first-order valence-electron chi connectivity index (χ1n) is 16.2. The first kappa shape index (κ1) is 44.3. The highest BCUT2D eigenvalue weighted by molar-refractivity contribution is 5.99. The van der Waals surface area contributed by atoms with Gasteiger partial charge in [-0.2, -0.15) is 0 Å². The fourth-order valence-electron chi connectivity index (χ4n) is 4.83. The second-order valence-corrected chi connectivity index (χ2v) is 11.9. The van der Waals surface area contributed by atoms with Gasteiger partial charge in [-0.15, -0.1) is 0 Å². The molecule has 0 aliphatic rings. The number of imidazole rings is 1. The Morgan fingerprint density at radius 2 is 1.02 bits per heavy atom. The Balaban J connectivity index is 2.31. The number of nitrogens with two attached hydrogens (primary N) is 1. The van der Waals surface area contributed by atoms with Crippen molar-refractivity contribution >= 4 is 59.4 Å². The summed E-state index contributed by atoms with van der Waals surface area (Å²) in [7, 11) is 0. The topological polar surface area (TPSA) is 387 Å². The van der Waals surface area contributed by atoms with Crippen molar-refractivity contribution in [2.24, 2.45) is 5.73 Å². The summed E-state index contributed by atoms with van der Waals surface area (Å²) in [6.07, 6.45) is -2.28. The molecule has 2 aromatic rings. The summed E-state index contributed by atoms with van der Waals surface area (Å²) in [4.78, 5) is 130. The van der Waals surface area contributed by atoms with Crippen molar-refractivity contribution in [3.05, 3.63) is 54.1 Å². The average molecular weight is 777 g/mol. The zero-order valence-electron chi connectivity index (χ0n) is 28.8. The molecule has 0 fully saturated rings. The number of aromatic amines is 1. The number of nitrogens with zero attached hydrogens (tertiary/aromatic N) is 1. The molecule has 23 nitrogen and oxygen atoms in total. The summed E-state index contributed by atoms with van der Waals surface area (Å²) in [6.45, 7) is 0. The Bertz CT molecular complexity index is 1720. The molecule has 0 aliphatic heterocycles. The van der Waals surface area contributed by atoms with E-state index in [0.29, 0.717) is 11.3 Å². The van der Waals surface area contributed by atoms with E-state index in [-0.39, 0.29) is 12.8 Å². The Labute approximate surface area is 310 Å². The number of hydrogen-bond donors (Lipinski definition) is 12. The SMILES string of the molecule is N[C@@H](Cc1cnc[nH]1)C(=O)N[C@@H](Cc1ccccc1)C(=O)N[C@@H](CC(=O)O)C(=O)N[C@@H](CC(=O)O)C(=O)N[C@@H](CC(=O)O)C(=O)N[C@@H](CCC(=O)O)C(=O)O. The molecule has 0 saturated carbocycles. The summed E-state index contributed by atoms with van der Waals surface area (Å²) >= 11 is 0. The Hall–Kier alpha value is -6.91. The van der Waals surface area contributed by atoms with Gasteiger partial charge >= 0.3 is 29.8 Å². The van der Waals surface area contributed by atoms with Crippen LogP contribution in [0.5, 0.6) is 0 Å². The van der Waals surface area contributed by atoms with E-state index in [2.05, 4.69) is 20.6 Å².